The van der Waals surface area contributed by atoms with Crippen molar-refractivity contribution in [3.8, 4) is 5.75 Å². The van der Waals surface area contributed by atoms with E-state index >= 15 is 0 Å². The molecule has 2 aromatic rings. The van der Waals surface area contributed by atoms with Gasteiger partial charge in [-0.05, 0) is 94.0 Å². The Morgan fingerprint density at radius 2 is 1.33 bits per heavy atom. The number of nitrogens with zero attached hydrogens (tertiary/aromatic N) is 5. The second-order valence-corrected chi connectivity index (χ2v) is 15.4. The number of hydrogen-bond acceptors (Lipinski definition) is 7. The van der Waals surface area contributed by atoms with E-state index in [4.69, 9.17) is 9.47 Å². The van der Waals surface area contributed by atoms with Gasteiger partial charge < -0.3 is 39.1 Å². The molecule has 51 heavy (non-hydrogen) atoms. The molecule has 12 nitrogen and oxygen atoms in total. The number of hydrogen-bond donors (Lipinski definition) is 1. The lowest BCUT2D eigenvalue weighted by Crippen LogP contribution is -2.50. The quantitative estimate of drug-likeness (QED) is 0.399. The number of amides is 4. The van der Waals surface area contributed by atoms with Gasteiger partial charge in [-0.15, -0.1) is 0 Å². The summed E-state index contributed by atoms with van der Waals surface area (Å²) >= 11 is 0. The van der Waals surface area contributed by atoms with Crippen molar-refractivity contribution in [1.82, 2.24) is 19.6 Å². The molecule has 4 aliphatic rings. The number of ether oxygens (including phenoxy) is 2. The van der Waals surface area contributed by atoms with Gasteiger partial charge in [-0.3, -0.25) is 9.59 Å². The molecule has 3 aliphatic heterocycles. The van der Waals surface area contributed by atoms with E-state index in [0.717, 1.165) is 54.7 Å². The standard InChI is InChI=1S/C39H53N5O7/c1-27-22-30(24-31(23-27)40-14-20-43(21-15-40)37(47)48)36(46)42-18-16-41(17-19-42)35(45)29-10-11-34(33(25-29)28-8-6-5-7-9-28)50-32-12-13-44(26-32)38(49)51-39(2,3)4/h10-11,22-25,28,32H,5-9,12-21,26H2,1-4H3,(H,47,48). The van der Waals surface area contributed by atoms with Crippen LogP contribution in [0.1, 0.15) is 97.1 Å². The van der Waals surface area contributed by atoms with Crippen LogP contribution in [0.4, 0.5) is 15.3 Å². The van der Waals surface area contributed by atoms with E-state index in [1.54, 1.807) is 4.90 Å². The summed E-state index contributed by atoms with van der Waals surface area (Å²) in [6, 6.07) is 11.6. The molecule has 6 rings (SSSR count). The van der Waals surface area contributed by atoms with Gasteiger partial charge in [0.05, 0.1) is 6.54 Å². The molecule has 3 heterocycles. The molecule has 3 saturated heterocycles. The van der Waals surface area contributed by atoms with Crippen molar-refractivity contribution in [3.05, 3.63) is 58.7 Å². The smallest absolute Gasteiger partial charge is 0.410 e. The first kappa shape index (κ1) is 36.3. The lowest BCUT2D eigenvalue weighted by Gasteiger charge is -2.36. The Kier molecular flexibility index (Phi) is 11.0. The highest BCUT2D eigenvalue weighted by atomic mass is 16.6. The van der Waals surface area contributed by atoms with E-state index < -0.39 is 11.7 Å². The monoisotopic (exact) mass is 703 g/mol. The Hall–Kier alpha value is -4.48. The van der Waals surface area contributed by atoms with Crippen molar-refractivity contribution in [3.63, 3.8) is 0 Å². The summed E-state index contributed by atoms with van der Waals surface area (Å²) in [5.41, 5.74) is 3.66. The van der Waals surface area contributed by atoms with Crippen LogP contribution >= 0.6 is 0 Å². The Balaban J connectivity index is 1.09. The Labute approximate surface area is 301 Å². The maximum absolute atomic E-state index is 13.9. The van der Waals surface area contributed by atoms with E-state index in [1.165, 1.54) is 11.3 Å². The number of anilines is 1. The minimum absolute atomic E-state index is 0.0407. The van der Waals surface area contributed by atoms with Gasteiger partial charge in [0.2, 0.25) is 0 Å². The van der Waals surface area contributed by atoms with Crippen LogP contribution in [0.15, 0.2) is 36.4 Å². The van der Waals surface area contributed by atoms with Gasteiger partial charge in [-0.25, -0.2) is 9.59 Å². The van der Waals surface area contributed by atoms with Crippen LogP contribution in [0.2, 0.25) is 0 Å². The normalized spacial score (nSPS) is 20.4. The lowest BCUT2D eigenvalue weighted by molar-refractivity contribution is 0.0275. The third-order valence-electron chi connectivity index (χ3n) is 10.5. The molecule has 4 amide bonds. The van der Waals surface area contributed by atoms with Crippen molar-refractivity contribution in [2.45, 2.75) is 83.8 Å². The first-order chi connectivity index (χ1) is 24.3. The Bertz CT molecular complexity index is 1600. The SMILES string of the molecule is Cc1cc(C(=O)N2CCN(C(=O)c3ccc(OC4CCN(C(=O)OC(C)(C)C)C4)c(C4CCCCC4)c3)CC2)cc(N2CCN(C(=O)O)CC2)c1. The fraction of sp³-hybridized carbons (Fsp3) is 0.590. The zero-order valence-electron chi connectivity index (χ0n) is 30.6. The van der Waals surface area contributed by atoms with E-state index in [0.29, 0.717) is 82.5 Å². The van der Waals surface area contributed by atoms with Crippen molar-refractivity contribution < 1.29 is 33.8 Å². The van der Waals surface area contributed by atoms with Gasteiger partial charge >= 0.3 is 12.2 Å². The molecule has 1 unspecified atom stereocenters. The molecule has 1 atom stereocenters. The number of rotatable bonds is 6. The predicted octanol–water partition coefficient (Wildman–Crippen LogP) is 5.83. The summed E-state index contributed by atoms with van der Waals surface area (Å²) in [6.07, 6.45) is 4.99. The molecule has 0 radical (unpaired) electrons. The predicted molar refractivity (Wildman–Crippen MR) is 194 cm³/mol. The highest BCUT2D eigenvalue weighted by Crippen LogP contribution is 2.39. The van der Waals surface area contributed by atoms with E-state index in [9.17, 15) is 24.3 Å². The van der Waals surface area contributed by atoms with Gasteiger partial charge in [0.1, 0.15) is 17.5 Å². The molecular weight excluding hydrogens is 650 g/mol. The molecule has 4 fully saturated rings. The highest BCUT2D eigenvalue weighted by molar-refractivity contribution is 5.97. The number of benzene rings is 2. The first-order valence-electron chi connectivity index (χ1n) is 18.6. The van der Waals surface area contributed by atoms with Gasteiger partial charge in [-0.2, -0.15) is 0 Å². The van der Waals surface area contributed by atoms with Crippen LogP contribution in [-0.4, -0.2) is 126 Å². The summed E-state index contributed by atoms with van der Waals surface area (Å²) in [5, 5.41) is 9.30. The van der Waals surface area contributed by atoms with Crippen LogP contribution < -0.4 is 9.64 Å². The summed E-state index contributed by atoms with van der Waals surface area (Å²) in [7, 11) is 0. The summed E-state index contributed by atoms with van der Waals surface area (Å²) < 4.78 is 12.1. The molecular formula is C39H53N5O7. The topological polar surface area (TPSA) is 123 Å². The van der Waals surface area contributed by atoms with E-state index in [-0.39, 0.29) is 24.0 Å². The average molecular weight is 704 g/mol. The van der Waals surface area contributed by atoms with Crippen LogP contribution in [0.3, 0.4) is 0 Å². The number of carbonyl (C=O) groups excluding carboxylic acids is 3. The van der Waals surface area contributed by atoms with Crippen molar-refractivity contribution in [2.75, 3.05) is 70.3 Å². The lowest BCUT2D eigenvalue weighted by atomic mass is 9.83. The van der Waals surface area contributed by atoms with Gasteiger partial charge in [0, 0.05) is 82.1 Å². The number of likely N-dealkylation sites (tertiary alicyclic amines) is 1. The van der Waals surface area contributed by atoms with Crippen LogP contribution in [0, 0.1) is 6.92 Å². The number of carboxylic acid groups (broad SMARTS) is 1. The molecule has 0 aromatic heterocycles. The largest absolute Gasteiger partial charge is 0.488 e. The average Bonchev–Trinajstić information content (AvgIpc) is 3.59. The Morgan fingerprint density at radius 1 is 0.706 bits per heavy atom. The zero-order chi connectivity index (χ0) is 36.3. The third-order valence-corrected chi connectivity index (χ3v) is 10.5. The van der Waals surface area contributed by atoms with E-state index in [2.05, 4.69) is 4.90 Å². The molecule has 0 bridgehead atoms. The zero-order valence-corrected chi connectivity index (χ0v) is 30.6. The van der Waals surface area contributed by atoms with E-state index in [1.807, 2.05) is 73.9 Å². The van der Waals surface area contributed by atoms with Crippen LogP contribution in [-0.2, 0) is 4.74 Å². The minimum atomic E-state index is -0.906. The number of aryl methyl sites for hydroxylation is 1. The maximum atomic E-state index is 13.9. The molecule has 1 saturated carbocycles. The fourth-order valence-corrected chi connectivity index (χ4v) is 7.72. The summed E-state index contributed by atoms with van der Waals surface area (Å²) in [5.74, 6) is 1.02. The highest BCUT2D eigenvalue weighted by Gasteiger charge is 2.33. The minimum Gasteiger partial charge on any atom is -0.488 e. The van der Waals surface area contributed by atoms with Gasteiger partial charge in [-0.1, -0.05) is 19.3 Å². The first-order valence-corrected chi connectivity index (χ1v) is 18.6. The van der Waals surface area contributed by atoms with Gasteiger partial charge in [0.25, 0.3) is 11.8 Å². The van der Waals surface area contributed by atoms with Crippen LogP contribution in [0.5, 0.6) is 5.75 Å². The second kappa shape index (κ2) is 15.4. The fourth-order valence-electron chi connectivity index (χ4n) is 7.72. The molecule has 1 N–H and O–H groups in total. The second-order valence-electron chi connectivity index (χ2n) is 15.4. The van der Waals surface area contributed by atoms with Crippen molar-refractivity contribution in [1.29, 1.82) is 0 Å². The number of carbonyl (C=O) groups is 4. The maximum Gasteiger partial charge on any atom is 0.410 e. The Morgan fingerprint density at radius 3 is 1.96 bits per heavy atom. The van der Waals surface area contributed by atoms with Crippen molar-refractivity contribution >= 4 is 29.7 Å². The van der Waals surface area contributed by atoms with Crippen molar-refractivity contribution in [2.24, 2.45) is 0 Å². The molecule has 276 valence electrons. The number of piperazine rings is 2. The third kappa shape index (κ3) is 8.88. The summed E-state index contributed by atoms with van der Waals surface area (Å²) in [6.45, 7) is 12.4. The summed E-state index contributed by atoms with van der Waals surface area (Å²) in [4.78, 5) is 60.4. The van der Waals surface area contributed by atoms with Crippen LogP contribution in [0.25, 0.3) is 0 Å². The molecule has 0 spiro atoms. The molecule has 2 aromatic carbocycles. The molecule has 1 aliphatic carbocycles. The van der Waals surface area contributed by atoms with Gasteiger partial charge in [0.15, 0.2) is 0 Å². The molecule has 12 heteroatoms.